The summed E-state index contributed by atoms with van der Waals surface area (Å²) in [6.45, 7) is 1.52. The standard InChI is InChI=1S/C27H23N3O4/c1-18(24(31)21-14-12-20(17-28)13-15-21)25(32)30-23(16-19-8-4-2-5-9-19)26(33)29(27(30)34)22-10-6-3-7-11-22/h2-15,18,23-24,31H,16H2,1H3/t18-,23-,24-/m0/s1. The van der Waals surface area contributed by atoms with Gasteiger partial charge in [0.1, 0.15) is 6.04 Å². The Labute approximate surface area is 197 Å². The topological polar surface area (TPSA) is 102 Å². The highest BCUT2D eigenvalue weighted by atomic mass is 16.3. The van der Waals surface area contributed by atoms with Gasteiger partial charge in [-0.05, 0) is 35.4 Å². The van der Waals surface area contributed by atoms with E-state index in [0.717, 1.165) is 15.4 Å². The maximum Gasteiger partial charge on any atom is 0.338 e. The van der Waals surface area contributed by atoms with Crippen LogP contribution in [0.15, 0.2) is 84.9 Å². The number of hydrogen-bond donors (Lipinski definition) is 1. The molecule has 7 heteroatoms. The summed E-state index contributed by atoms with van der Waals surface area (Å²) >= 11 is 0. The molecule has 3 atom stereocenters. The second kappa shape index (κ2) is 9.69. The van der Waals surface area contributed by atoms with Crippen LogP contribution < -0.4 is 4.90 Å². The molecule has 170 valence electrons. The van der Waals surface area contributed by atoms with E-state index in [0.29, 0.717) is 16.8 Å². The van der Waals surface area contributed by atoms with Gasteiger partial charge < -0.3 is 5.11 Å². The van der Waals surface area contributed by atoms with Crippen LogP contribution >= 0.6 is 0 Å². The summed E-state index contributed by atoms with van der Waals surface area (Å²) in [5, 5.41) is 19.8. The van der Waals surface area contributed by atoms with Crippen LogP contribution in [-0.4, -0.2) is 33.9 Å². The number of imide groups is 2. The van der Waals surface area contributed by atoms with Crippen LogP contribution in [0.4, 0.5) is 10.5 Å². The van der Waals surface area contributed by atoms with Crippen molar-refractivity contribution in [3.05, 3.63) is 102 Å². The van der Waals surface area contributed by atoms with Crippen molar-refractivity contribution in [1.82, 2.24) is 4.90 Å². The third kappa shape index (κ3) is 4.32. The minimum Gasteiger partial charge on any atom is -0.388 e. The van der Waals surface area contributed by atoms with Crippen LogP contribution in [0.3, 0.4) is 0 Å². The summed E-state index contributed by atoms with van der Waals surface area (Å²) < 4.78 is 0. The lowest BCUT2D eigenvalue weighted by molar-refractivity contribution is -0.139. The maximum absolute atomic E-state index is 13.5. The van der Waals surface area contributed by atoms with Crippen molar-refractivity contribution in [2.24, 2.45) is 5.92 Å². The number of aliphatic hydroxyl groups excluding tert-OH is 1. The molecule has 1 aliphatic heterocycles. The van der Waals surface area contributed by atoms with Crippen LogP contribution in [0.5, 0.6) is 0 Å². The van der Waals surface area contributed by atoms with Crippen LogP contribution in [-0.2, 0) is 16.0 Å². The van der Waals surface area contributed by atoms with E-state index < -0.39 is 35.9 Å². The van der Waals surface area contributed by atoms with Gasteiger partial charge in [0.2, 0.25) is 5.91 Å². The van der Waals surface area contributed by atoms with E-state index in [1.54, 1.807) is 54.6 Å². The Bertz CT molecular complexity index is 1240. The van der Waals surface area contributed by atoms with Gasteiger partial charge in [0.25, 0.3) is 5.91 Å². The van der Waals surface area contributed by atoms with E-state index in [9.17, 15) is 19.5 Å². The first kappa shape index (κ1) is 22.9. The number of carbonyl (C=O) groups is 3. The van der Waals surface area contributed by atoms with E-state index >= 15 is 0 Å². The molecule has 1 fully saturated rings. The fraction of sp³-hybridized carbons (Fsp3) is 0.185. The molecule has 1 aliphatic rings. The number of rotatable bonds is 6. The maximum atomic E-state index is 13.5. The van der Waals surface area contributed by atoms with Gasteiger partial charge in [0.05, 0.1) is 29.3 Å². The molecule has 4 amide bonds. The fourth-order valence-corrected chi connectivity index (χ4v) is 4.07. The Morgan fingerprint density at radius 3 is 2.15 bits per heavy atom. The molecule has 3 aromatic carbocycles. The predicted molar refractivity (Wildman–Crippen MR) is 125 cm³/mol. The number of anilines is 1. The third-order valence-electron chi connectivity index (χ3n) is 5.98. The molecule has 7 nitrogen and oxygen atoms in total. The Balaban J connectivity index is 1.66. The summed E-state index contributed by atoms with van der Waals surface area (Å²) in [6.07, 6.45) is -1.05. The molecule has 1 heterocycles. The second-order valence-electron chi connectivity index (χ2n) is 8.17. The lowest BCUT2D eigenvalue weighted by Crippen LogP contribution is -2.45. The minimum atomic E-state index is -1.22. The smallest absolute Gasteiger partial charge is 0.338 e. The van der Waals surface area contributed by atoms with Crippen LogP contribution in [0.1, 0.15) is 29.7 Å². The number of nitriles is 1. The van der Waals surface area contributed by atoms with Crippen molar-refractivity contribution in [2.75, 3.05) is 4.90 Å². The van der Waals surface area contributed by atoms with Gasteiger partial charge in [-0.1, -0.05) is 67.6 Å². The lowest BCUT2D eigenvalue weighted by atomic mass is 9.94. The van der Waals surface area contributed by atoms with E-state index in [-0.39, 0.29) is 6.42 Å². The molecule has 0 bridgehead atoms. The number of hydrogen-bond acceptors (Lipinski definition) is 5. The summed E-state index contributed by atoms with van der Waals surface area (Å²) in [6, 6.07) is 24.1. The number of aliphatic hydroxyl groups is 1. The number of amides is 4. The van der Waals surface area contributed by atoms with Gasteiger partial charge in [-0.15, -0.1) is 0 Å². The van der Waals surface area contributed by atoms with Crippen LogP contribution in [0, 0.1) is 17.2 Å². The zero-order valence-corrected chi connectivity index (χ0v) is 18.5. The van der Waals surface area contributed by atoms with Gasteiger partial charge in [-0.3, -0.25) is 14.5 Å². The first-order valence-electron chi connectivity index (χ1n) is 10.9. The molecule has 1 N–H and O–H groups in total. The van der Waals surface area contributed by atoms with Crippen molar-refractivity contribution < 1.29 is 19.5 Å². The summed E-state index contributed by atoms with van der Waals surface area (Å²) in [5.41, 5.74) is 2.06. The van der Waals surface area contributed by atoms with Crippen molar-refractivity contribution in [3.8, 4) is 6.07 Å². The highest BCUT2D eigenvalue weighted by Gasteiger charge is 2.50. The molecule has 0 aliphatic carbocycles. The molecular weight excluding hydrogens is 430 g/mol. The van der Waals surface area contributed by atoms with Crippen molar-refractivity contribution in [2.45, 2.75) is 25.5 Å². The number of urea groups is 1. The zero-order valence-electron chi connectivity index (χ0n) is 18.5. The molecule has 0 radical (unpaired) electrons. The molecular formula is C27H23N3O4. The van der Waals surface area contributed by atoms with Crippen molar-refractivity contribution in [1.29, 1.82) is 5.26 Å². The minimum absolute atomic E-state index is 0.167. The zero-order chi connectivity index (χ0) is 24.2. The van der Waals surface area contributed by atoms with Gasteiger partial charge in [0, 0.05) is 6.42 Å². The largest absolute Gasteiger partial charge is 0.388 e. The predicted octanol–water partition coefficient (Wildman–Crippen LogP) is 3.83. The lowest BCUT2D eigenvalue weighted by Gasteiger charge is -2.26. The molecule has 3 aromatic rings. The SMILES string of the molecule is C[C@H](C(=O)N1C(=O)N(c2ccccc2)C(=O)[C@@H]1Cc1ccccc1)[C@H](O)c1ccc(C#N)cc1. The van der Waals surface area contributed by atoms with Crippen LogP contribution in [0.25, 0.3) is 0 Å². The molecule has 4 rings (SSSR count). The Kier molecular flexibility index (Phi) is 6.53. The van der Waals surface area contributed by atoms with Crippen molar-refractivity contribution in [3.63, 3.8) is 0 Å². The number of para-hydroxylation sites is 1. The molecule has 0 aromatic heterocycles. The summed E-state index contributed by atoms with van der Waals surface area (Å²) in [7, 11) is 0. The first-order chi connectivity index (χ1) is 16.4. The molecule has 0 spiro atoms. The Morgan fingerprint density at radius 1 is 0.971 bits per heavy atom. The molecule has 0 saturated carbocycles. The average molecular weight is 453 g/mol. The average Bonchev–Trinajstić information content (AvgIpc) is 3.12. The Morgan fingerprint density at radius 2 is 1.56 bits per heavy atom. The van der Waals surface area contributed by atoms with Gasteiger partial charge in [0.15, 0.2) is 0 Å². The van der Waals surface area contributed by atoms with Crippen LogP contribution in [0.2, 0.25) is 0 Å². The third-order valence-corrected chi connectivity index (χ3v) is 5.98. The van der Waals surface area contributed by atoms with E-state index in [1.807, 2.05) is 36.4 Å². The number of carbonyl (C=O) groups excluding carboxylic acids is 3. The first-order valence-corrected chi connectivity index (χ1v) is 10.9. The normalized spacial score (nSPS) is 17.4. The van der Waals surface area contributed by atoms with E-state index in [2.05, 4.69) is 0 Å². The summed E-state index contributed by atoms with van der Waals surface area (Å²) in [4.78, 5) is 42.3. The molecule has 0 unspecified atom stereocenters. The highest BCUT2D eigenvalue weighted by molar-refractivity contribution is 6.25. The highest BCUT2D eigenvalue weighted by Crippen LogP contribution is 2.31. The van der Waals surface area contributed by atoms with E-state index in [4.69, 9.17) is 5.26 Å². The quantitative estimate of drug-likeness (QED) is 0.572. The number of benzene rings is 3. The monoisotopic (exact) mass is 453 g/mol. The van der Waals surface area contributed by atoms with Gasteiger partial charge in [-0.25, -0.2) is 9.69 Å². The summed E-state index contributed by atoms with van der Waals surface area (Å²) in [5.74, 6) is -2.14. The number of nitrogens with zero attached hydrogens (tertiary/aromatic N) is 3. The Hall–Kier alpha value is -4.28. The van der Waals surface area contributed by atoms with Gasteiger partial charge >= 0.3 is 6.03 Å². The fourth-order valence-electron chi connectivity index (χ4n) is 4.07. The van der Waals surface area contributed by atoms with E-state index in [1.165, 1.54) is 6.92 Å². The van der Waals surface area contributed by atoms with Crippen molar-refractivity contribution >= 4 is 23.5 Å². The second-order valence-corrected chi connectivity index (χ2v) is 8.17. The van der Waals surface area contributed by atoms with Gasteiger partial charge in [-0.2, -0.15) is 5.26 Å². The molecule has 34 heavy (non-hydrogen) atoms. The molecule has 1 saturated heterocycles.